The molecule has 0 bridgehead atoms. The highest BCUT2D eigenvalue weighted by atomic mass is 35.5. The molecule has 0 spiro atoms. The van der Waals surface area contributed by atoms with E-state index in [0.29, 0.717) is 22.9 Å². The molecule has 7 heteroatoms. The van der Waals surface area contributed by atoms with Gasteiger partial charge >= 0.3 is 0 Å². The summed E-state index contributed by atoms with van der Waals surface area (Å²) in [5.74, 6) is -0.315. The first kappa shape index (κ1) is 14.5. The van der Waals surface area contributed by atoms with Crippen molar-refractivity contribution in [3.63, 3.8) is 0 Å². The Labute approximate surface area is 122 Å². The summed E-state index contributed by atoms with van der Waals surface area (Å²) in [7, 11) is 3.90. The van der Waals surface area contributed by atoms with Crippen molar-refractivity contribution in [2.75, 3.05) is 26.4 Å². The molecule has 0 radical (unpaired) electrons. The Hall–Kier alpha value is -1.92. The lowest BCUT2D eigenvalue weighted by Gasteiger charge is -2.12. The highest BCUT2D eigenvalue weighted by Crippen LogP contribution is 2.20. The first-order valence-corrected chi connectivity index (χ1v) is 6.49. The molecule has 2 aromatic heterocycles. The SMILES string of the molecule is CN(C)CCn1ncc(Cl)c1C(=O)c1ncccc1N. The summed E-state index contributed by atoms with van der Waals surface area (Å²) in [6, 6.07) is 3.31. The summed E-state index contributed by atoms with van der Waals surface area (Å²) in [5, 5.41) is 4.44. The minimum absolute atomic E-state index is 0.195. The Bertz CT molecular complexity index is 623. The van der Waals surface area contributed by atoms with Gasteiger partial charge in [0.25, 0.3) is 0 Å². The lowest BCUT2D eigenvalue weighted by molar-refractivity contribution is 0.102. The van der Waals surface area contributed by atoms with Crippen LogP contribution in [-0.2, 0) is 6.54 Å². The third kappa shape index (κ3) is 2.97. The van der Waals surface area contributed by atoms with Gasteiger partial charge in [0.2, 0.25) is 5.78 Å². The molecule has 0 aliphatic rings. The number of hydrogen-bond acceptors (Lipinski definition) is 5. The number of anilines is 1. The average molecular weight is 294 g/mol. The van der Waals surface area contributed by atoms with E-state index in [1.807, 2.05) is 19.0 Å². The number of nitrogens with zero attached hydrogens (tertiary/aromatic N) is 4. The van der Waals surface area contributed by atoms with Crippen molar-refractivity contribution in [2.24, 2.45) is 0 Å². The molecule has 0 saturated heterocycles. The highest BCUT2D eigenvalue weighted by molar-refractivity contribution is 6.34. The molecule has 0 aliphatic heterocycles. The molecule has 20 heavy (non-hydrogen) atoms. The van der Waals surface area contributed by atoms with E-state index in [2.05, 4.69) is 10.1 Å². The zero-order valence-electron chi connectivity index (χ0n) is 11.4. The Morgan fingerprint density at radius 3 is 2.90 bits per heavy atom. The average Bonchev–Trinajstić information content (AvgIpc) is 2.77. The molecule has 106 valence electrons. The van der Waals surface area contributed by atoms with Gasteiger partial charge in [-0.15, -0.1) is 0 Å². The number of carbonyl (C=O) groups excluding carboxylic acids is 1. The van der Waals surface area contributed by atoms with E-state index < -0.39 is 0 Å². The largest absolute Gasteiger partial charge is 0.397 e. The van der Waals surface area contributed by atoms with Crippen LogP contribution in [0.25, 0.3) is 0 Å². The first-order valence-electron chi connectivity index (χ1n) is 6.12. The van der Waals surface area contributed by atoms with E-state index in [-0.39, 0.29) is 11.5 Å². The van der Waals surface area contributed by atoms with Gasteiger partial charge in [-0.3, -0.25) is 14.5 Å². The van der Waals surface area contributed by atoms with Gasteiger partial charge in [0.1, 0.15) is 11.4 Å². The smallest absolute Gasteiger partial charge is 0.232 e. The number of likely N-dealkylation sites (N-methyl/N-ethyl adjacent to an activating group) is 1. The van der Waals surface area contributed by atoms with Gasteiger partial charge in [0.05, 0.1) is 23.5 Å². The third-order valence-electron chi connectivity index (χ3n) is 2.82. The molecule has 2 aromatic rings. The number of rotatable bonds is 5. The van der Waals surface area contributed by atoms with Crippen LogP contribution >= 0.6 is 11.6 Å². The molecule has 2 heterocycles. The van der Waals surface area contributed by atoms with Gasteiger partial charge in [-0.2, -0.15) is 5.10 Å². The molecule has 0 saturated carbocycles. The number of ketones is 1. The Morgan fingerprint density at radius 1 is 1.50 bits per heavy atom. The topological polar surface area (TPSA) is 77.0 Å². The molecular weight excluding hydrogens is 278 g/mol. The maximum atomic E-state index is 12.5. The van der Waals surface area contributed by atoms with Crippen molar-refractivity contribution in [2.45, 2.75) is 6.54 Å². The molecule has 2 rings (SSSR count). The fourth-order valence-corrected chi connectivity index (χ4v) is 2.00. The number of nitrogens with two attached hydrogens (primary N) is 1. The lowest BCUT2D eigenvalue weighted by Crippen LogP contribution is -2.22. The van der Waals surface area contributed by atoms with Crippen LogP contribution in [0.5, 0.6) is 0 Å². The van der Waals surface area contributed by atoms with E-state index in [1.54, 1.807) is 16.8 Å². The minimum atomic E-state index is -0.315. The summed E-state index contributed by atoms with van der Waals surface area (Å²) in [6.45, 7) is 1.31. The summed E-state index contributed by atoms with van der Waals surface area (Å²) >= 11 is 6.07. The molecule has 0 atom stereocenters. The van der Waals surface area contributed by atoms with Crippen LogP contribution in [0.1, 0.15) is 16.2 Å². The van der Waals surface area contributed by atoms with Crippen LogP contribution in [0.15, 0.2) is 24.5 Å². The molecule has 0 aliphatic carbocycles. The van der Waals surface area contributed by atoms with E-state index in [1.165, 1.54) is 12.4 Å². The first-order chi connectivity index (χ1) is 9.50. The maximum absolute atomic E-state index is 12.5. The van der Waals surface area contributed by atoms with Crippen molar-refractivity contribution in [3.8, 4) is 0 Å². The van der Waals surface area contributed by atoms with Crippen LogP contribution in [0.4, 0.5) is 5.69 Å². The number of nitrogen functional groups attached to an aromatic ring is 1. The maximum Gasteiger partial charge on any atom is 0.232 e. The monoisotopic (exact) mass is 293 g/mol. The third-order valence-corrected chi connectivity index (χ3v) is 3.10. The molecule has 0 fully saturated rings. The van der Waals surface area contributed by atoms with E-state index in [0.717, 1.165) is 6.54 Å². The summed E-state index contributed by atoms with van der Waals surface area (Å²) in [4.78, 5) is 18.5. The molecule has 2 N–H and O–H groups in total. The van der Waals surface area contributed by atoms with Crippen LogP contribution < -0.4 is 5.73 Å². The van der Waals surface area contributed by atoms with Crippen LogP contribution in [-0.4, -0.2) is 46.1 Å². The normalized spacial score (nSPS) is 11.0. The van der Waals surface area contributed by atoms with Gasteiger partial charge < -0.3 is 10.6 Å². The fourth-order valence-electron chi connectivity index (χ4n) is 1.77. The van der Waals surface area contributed by atoms with Gasteiger partial charge in [-0.25, -0.2) is 0 Å². The highest BCUT2D eigenvalue weighted by Gasteiger charge is 2.22. The lowest BCUT2D eigenvalue weighted by atomic mass is 10.1. The van der Waals surface area contributed by atoms with Gasteiger partial charge in [-0.1, -0.05) is 11.6 Å². The van der Waals surface area contributed by atoms with Crippen LogP contribution in [0, 0.1) is 0 Å². The van der Waals surface area contributed by atoms with Gasteiger partial charge in [0.15, 0.2) is 0 Å². The van der Waals surface area contributed by atoms with E-state index in [9.17, 15) is 4.79 Å². The van der Waals surface area contributed by atoms with E-state index in [4.69, 9.17) is 17.3 Å². The van der Waals surface area contributed by atoms with Crippen molar-refractivity contribution in [1.82, 2.24) is 19.7 Å². The predicted octanol–water partition coefficient (Wildman–Crippen LogP) is 1.31. The van der Waals surface area contributed by atoms with Gasteiger partial charge in [0, 0.05) is 12.7 Å². The number of pyridine rings is 1. The van der Waals surface area contributed by atoms with Crippen molar-refractivity contribution in [1.29, 1.82) is 0 Å². The zero-order valence-corrected chi connectivity index (χ0v) is 12.1. The summed E-state index contributed by atoms with van der Waals surface area (Å²) in [6.07, 6.45) is 2.99. The fraction of sp³-hybridized carbons (Fsp3) is 0.308. The number of aromatic nitrogens is 3. The Morgan fingerprint density at radius 2 is 2.25 bits per heavy atom. The van der Waals surface area contributed by atoms with Crippen molar-refractivity contribution in [3.05, 3.63) is 40.9 Å². The van der Waals surface area contributed by atoms with E-state index >= 15 is 0 Å². The van der Waals surface area contributed by atoms with Crippen LogP contribution in [0.2, 0.25) is 5.02 Å². The zero-order chi connectivity index (χ0) is 14.7. The standard InChI is InChI=1S/C13H16ClN5O/c1-18(2)6-7-19-12(9(14)8-17-19)13(20)11-10(15)4-3-5-16-11/h3-5,8H,6-7,15H2,1-2H3. The van der Waals surface area contributed by atoms with Crippen molar-refractivity contribution >= 4 is 23.1 Å². The minimum Gasteiger partial charge on any atom is -0.397 e. The van der Waals surface area contributed by atoms with Gasteiger partial charge in [-0.05, 0) is 26.2 Å². The second-order valence-corrected chi connectivity index (χ2v) is 5.05. The number of hydrogen-bond donors (Lipinski definition) is 1. The number of carbonyl (C=O) groups is 1. The predicted molar refractivity (Wildman–Crippen MR) is 77.9 cm³/mol. The molecule has 6 nitrogen and oxygen atoms in total. The summed E-state index contributed by atoms with van der Waals surface area (Å²) < 4.78 is 1.58. The Balaban J connectivity index is 2.35. The Kier molecular flexibility index (Phi) is 4.36. The second-order valence-electron chi connectivity index (χ2n) is 4.64. The molecule has 0 aromatic carbocycles. The molecule has 0 unspecified atom stereocenters. The molecular formula is C13H16ClN5O. The van der Waals surface area contributed by atoms with Crippen molar-refractivity contribution < 1.29 is 4.79 Å². The second kappa shape index (κ2) is 6.02. The molecule has 0 amide bonds. The quantitative estimate of drug-likeness (QED) is 0.841. The summed E-state index contributed by atoms with van der Waals surface area (Å²) in [5.41, 5.74) is 6.63. The number of halogens is 1. The van der Waals surface area contributed by atoms with Crippen LogP contribution in [0.3, 0.4) is 0 Å².